The standard InChI is InChI=1S/2C22H18NO2P.C8H12.BF4.Rh/c2*1-23(2)26-24-19-13-11-15-7-3-5-9-17(15)21(19)22-18-10-6-4-8-16(18)12-14-20(22)25-26;1-2-4-6-8-7-5-3-1;2-1(3,4)5;/h2*3-14H,1-2H3;1-2,7-8H,3-6H2;;/q;;;-1;+1/b;;2-1-,8-7-;;. The maximum absolute atomic E-state index is 9.75. The molecule has 0 amide bonds. The van der Waals surface area contributed by atoms with Crippen molar-refractivity contribution in [1.82, 2.24) is 0 Å². The van der Waals surface area contributed by atoms with E-state index in [1.807, 2.05) is 37.5 Å². The first-order valence-corrected chi connectivity index (χ1v) is 23.6. The average Bonchev–Trinajstić information content (AvgIpc) is 3.58. The molecule has 66 heavy (non-hydrogen) atoms. The van der Waals surface area contributed by atoms with Crippen LogP contribution < -0.4 is 9.34 Å². The zero-order chi connectivity index (χ0) is 45.5. The minimum atomic E-state index is -6.00. The quantitative estimate of drug-likeness (QED) is 0.0977. The zero-order valence-corrected chi connectivity index (χ0v) is 40.3. The largest absolute Gasteiger partial charge is 1.00 e. The van der Waals surface area contributed by atoms with Gasteiger partial charge in [-0.1, -0.05) is 146 Å². The van der Waals surface area contributed by atoms with Gasteiger partial charge in [0.15, 0.2) is 0 Å². The molecule has 11 rings (SSSR count). The van der Waals surface area contributed by atoms with E-state index in [0.29, 0.717) is 0 Å². The maximum atomic E-state index is 9.75. The van der Waals surface area contributed by atoms with Crippen molar-refractivity contribution in [2.45, 2.75) is 25.7 Å². The van der Waals surface area contributed by atoms with E-state index in [2.05, 4.69) is 170 Å². The van der Waals surface area contributed by atoms with Crippen LogP contribution in [0.5, 0.6) is 0 Å². The third kappa shape index (κ3) is 11.3. The van der Waals surface area contributed by atoms with E-state index in [0.717, 1.165) is 43.9 Å². The van der Waals surface area contributed by atoms with Gasteiger partial charge in [-0.2, -0.15) is 0 Å². The molecule has 0 fully saturated rings. The number of allylic oxidation sites excluding steroid dienone is 4. The Labute approximate surface area is 395 Å². The summed E-state index contributed by atoms with van der Waals surface area (Å²) in [5, 5.41) is 14.0. The fourth-order valence-electron chi connectivity index (χ4n) is 7.90. The van der Waals surface area contributed by atoms with Gasteiger partial charge < -0.3 is 34.0 Å². The summed E-state index contributed by atoms with van der Waals surface area (Å²) < 4.78 is 68.3. The molecule has 0 aliphatic heterocycles. The van der Waals surface area contributed by atoms with Crippen LogP contribution >= 0.6 is 16.3 Å². The molecule has 2 aromatic heterocycles. The van der Waals surface area contributed by atoms with Gasteiger partial charge in [-0.3, -0.25) is 0 Å². The predicted octanol–water partition coefficient (Wildman–Crippen LogP) is 17.6. The Bertz CT molecular complexity index is 3010. The van der Waals surface area contributed by atoms with Gasteiger partial charge in [0.2, 0.25) is 0 Å². The van der Waals surface area contributed by atoms with Crippen molar-refractivity contribution < 1.29 is 53.5 Å². The SMILES string of the molecule is C1=C\CC/C=C\CC/1.CN(C)p1oc2ccc3ccccc3c2c2c(ccc3ccccc32)o1.CN(C)p1oc2ccc3ccccc3c2c2c(ccc3ccccc32)o1.F[B-](F)(F)F.[Rh+]. The molecule has 0 radical (unpaired) electrons. The molecule has 0 unspecified atom stereocenters. The molecule has 0 saturated carbocycles. The average molecular weight is 1020 g/mol. The first-order chi connectivity index (χ1) is 31.4. The summed E-state index contributed by atoms with van der Waals surface area (Å²) in [5.41, 5.74) is 3.49. The molecular weight excluding hydrogens is 968 g/mol. The van der Waals surface area contributed by atoms with Crippen LogP contribution in [0.4, 0.5) is 17.3 Å². The van der Waals surface area contributed by atoms with Crippen LogP contribution in [0, 0.1) is 0 Å². The summed E-state index contributed by atoms with van der Waals surface area (Å²) in [6.45, 7) is 0. The van der Waals surface area contributed by atoms with Crippen LogP contribution in [0.3, 0.4) is 0 Å². The molecule has 0 N–H and O–H groups in total. The van der Waals surface area contributed by atoms with Crippen LogP contribution in [0.15, 0.2) is 187 Å². The van der Waals surface area contributed by atoms with Crippen LogP contribution in [0.2, 0.25) is 0 Å². The zero-order valence-electron chi connectivity index (χ0n) is 36.8. The second-order valence-corrected chi connectivity index (χ2v) is 19.0. The third-order valence-corrected chi connectivity index (χ3v) is 13.5. The van der Waals surface area contributed by atoms with Gasteiger partial charge in [-0.05, 0) is 93.0 Å². The summed E-state index contributed by atoms with van der Waals surface area (Å²) in [6, 6.07) is 50.5. The van der Waals surface area contributed by atoms with E-state index < -0.39 is 23.6 Å². The van der Waals surface area contributed by atoms with Crippen molar-refractivity contribution >= 4 is 111 Å². The van der Waals surface area contributed by atoms with Crippen molar-refractivity contribution in [2.24, 2.45) is 0 Å². The molecule has 0 atom stereocenters. The van der Waals surface area contributed by atoms with E-state index in [-0.39, 0.29) is 19.5 Å². The molecule has 10 aromatic rings. The van der Waals surface area contributed by atoms with E-state index in [4.69, 9.17) is 16.8 Å². The Balaban J connectivity index is 0.000000153. The van der Waals surface area contributed by atoms with Crippen molar-refractivity contribution in [2.75, 3.05) is 37.5 Å². The van der Waals surface area contributed by atoms with Crippen LogP contribution in [-0.2, 0) is 19.5 Å². The van der Waals surface area contributed by atoms with Crippen LogP contribution in [0.25, 0.3) is 87.0 Å². The number of rotatable bonds is 2. The minimum absolute atomic E-state index is 0. The monoisotopic (exact) mass is 1020 g/mol. The summed E-state index contributed by atoms with van der Waals surface area (Å²) in [4.78, 5) is 0. The maximum Gasteiger partial charge on any atom is 1.00 e. The fraction of sp³-hybridized carbons (Fsp3) is 0.154. The van der Waals surface area contributed by atoms with Gasteiger partial charge in [0.1, 0.15) is 22.3 Å². The summed E-state index contributed by atoms with van der Waals surface area (Å²) in [5.74, 6) is 0. The minimum Gasteiger partial charge on any atom is -0.418 e. The van der Waals surface area contributed by atoms with Crippen molar-refractivity contribution in [3.63, 3.8) is 0 Å². The Hall–Kier alpha value is -5.59. The van der Waals surface area contributed by atoms with Crippen molar-refractivity contribution in [1.29, 1.82) is 0 Å². The molecule has 6 nitrogen and oxygen atoms in total. The van der Waals surface area contributed by atoms with Gasteiger partial charge >= 0.3 is 43.1 Å². The first-order valence-electron chi connectivity index (χ1n) is 21.4. The molecule has 0 saturated heterocycles. The Morgan fingerprint density at radius 1 is 0.364 bits per heavy atom. The Morgan fingerprint density at radius 2 is 0.576 bits per heavy atom. The van der Waals surface area contributed by atoms with Gasteiger partial charge in [0.25, 0.3) is 0 Å². The second-order valence-electron chi connectivity index (χ2n) is 15.8. The Kier molecular flexibility index (Phi) is 16.0. The van der Waals surface area contributed by atoms with Crippen LogP contribution in [0.1, 0.15) is 25.7 Å². The second kappa shape index (κ2) is 21.8. The number of hydrogen-bond acceptors (Lipinski definition) is 6. The van der Waals surface area contributed by atoms with E-state index in [1.165, 1.54) is 68.8 Å². The van der Waals surface area contributed by atoms with Crippen molar-refractivity contribution in [3.8, 4) is 0 Å². The molecule has 1 aliphatic carbocycles. The third-order valence-electron chi connectivity index (χ3n) is 10.8. The molecule has 14 heteroatoms. The Morgan fingerprint density at radius 3 is 0.788 bits per heavy atom. The number of hydrogen-bond donors (Lipinski definition) is 0. The molecule has 1 aliphatic rings. The van der Waals surface area contributed by atoms with E-state index in [1.54, 1.807) is 0 Å². The van der Waals surface area contributed by atoms with Crippen molar-refractivity contribution in [3.05, 3.63) is 170 Å². The molecule has 0 bridgehead atoms. The molecule has 0 spiro atoms. The van der Waals surface area contributed by atoms with Crippen LogP contribution in [-0.4, -0.2) is 35.4 Å². The molecule has 340 valence electrons. The van der Waals surface area contributed by atoms with Gasteiger partial charge in [0, 0.05) is 49.7 Å². The topological polar surface area (TPSA) is 59.0 Å². The summed E-state index contributed by atoms with van der Waals surface area (Å²) in [7, 11) is -0.478. The fourth-order valence-corrected chi connectivity index (χ4v) is 9.91. The number of nitrogens with zero attached hydrogens (tertiary/aromatic N) is 2. The summed E-state index contributed by atoms with van der Waals surface area (Å²) in [6.07, 6.45) is 14.0. The number of halogens is 4. The smallest absolute Gasteiger partial charge is 0.418 e. The molecular formula is C52H48BF4N2O4P2Rh. The summed E-state index contributed by atoms with van der Waals surface area (Å²) >= 11 is 0. The molecule has 2 heterocycles. The van der Waals surface area contributed by atoms with E-state index in [9.17, 15) is 17.3 Å². The first kappa shape index (κ1) is 48.3. The van der Waals surface area contributed by atoms with Gasteiger partial charge in [-0.25, -0.2) is 9.34 Å². The van der Waals surface area contributed by atoms with Gasteiger partial charge in [-0.15, -0.1) is 0 Å². The number of fused-ring (bicyclic) bond motifs is 14. The number of benzene rings is 8. The van der Waals surface area contributed by atoms with E-state index >= 15 is 0 Å². The predicted molar refractivity (Wildman–Crippen MR) is 270 cm³/mol. The van der Waals surface area contributed by atoms with Gasteiger partial charge in [0.05, 0.1) is 0 Å². The normalized spacial score (nSPS) is 13.6. The molecule has 8 aromatic carbocycles.